The van der Waals surface area contributed by atoms with Crippen LogP contribution in [0.3, 0.4) is 0 Å². The molecule has 2 aromatic carbocycles. The third-order valence-electron chi connectivity index (χ3n) is 5.57. The molecule has 1 N–H and O–H groups in total. The number of nitrogens with zero attached hydrogens (tertiary/aromatic N) is 1. The van der Waals surface area contributed by atoms with Crippen LogP contribution in [0.2, 0.25) is 0 Å². The summed E-state index contributed by atoms with van der Waals surface area (Å²) in [6.45, 7) is 2.63. The van der Waals surface area contributed by atoms with E-state index in [4.69, 9.17) is 9.47 Å². The first-order valence-electron chi connectivity index (χ1n) is 11.0. The number of ether oxygens (including phenoxy) is 2. The van der Waals surface area contributed by atoms with Gasteiger partial charge in [-0.1, -0.05) is 37.1 Å². The first-order valence-corrected chi connectivity index (χ1v) is 12.5. The summed E-state index contributed by atoms with van der Waals surface area (Å²) >= 11 is 0. The molecule has 0 bridgehead atoms. The van der Waals surface area contributed by atoms with Crippen molar-refractivity contribution in [2.75, 3.05) is 20.2 Å². The van der Waals surface area contributed by atoms with E-state index in [2.05, 4.69) is 5.32 Å². The molecule has 0 aromatic heterocycles. The van der Waals surface area contributed by atoms with Crippen molar-refractivity contribution in [3.05, 3.63) is 59.7 Å². The molecule has 1 amide bonds. The van der Waals surface area contributed by atoms with Crippen molar-refractivity contribution >= 4 is 21.9 Å². The van der Waals surface area contributed by atoms with Gasteiger partial charge in [-0.2, -0.15) is 4.31 Å². The Balaban J connectivity index is 1.63. The Hall–Kier alpha value is -2.91. The van der Waals surface area contributed by atoms with E-state index in [9.17, 15) is 18.0 Å². The minimum absolute atomic E-state index is 0.0483. The second kappa shape index (κ2) is 11.3. The van der Waals surface area contributed by atoms with E-state index in [0.717, 1.165) is 31.2 Å². The lowest BCUT2D eigenvalue weighted by molar-refractivity contribution is -0.129. The van der Waals surface area contributed by atoms with Gasteiger partial charge in [0, 0.05) is 25.2 Å². The van der Waals surface area contributed by atoms with Gasteiger partial charge in [-0.3, -0.25) is 4.79 Å². The van der Waals surface area contributed by atoms with Crippen LogP contribution in [0.1, 0.15) is 48.5 Å². The van der Waals surface area contributed by atoms with Crippen LogP contribution in [0.4, 0.5) is 0 Å². The molecule has 1 heterocycles. The fourth-order valence-electron chi connectivity index (χ4n) is 3.67. The van der Waals surface area contributed by atoms with Gasteiger partial charge in [-0.05, 0) is 44.0 Å². The minimum atomic E-state index is -3.70. The highest BCUT2D eigenvalue weighted by Gasteiger charge is 2.26. The zero-order chi connectivity index (χ0) is 23.8. The number of sulfonamides is 1. The van der Waals surface area contributed by atoms with Crippen molar-refractivity contribution in [2.45, 2.75) is 50.2 Å². The van der Waals surface area contributed by atoms with Gasteiger partial charge in [-0.25, -0.2) is 13.2 Å². The van der Waals surface area contributed by atoms with Crippen molar-refractivity contribution in [2.24, 2.45) is 0 Å². The largest absolute Gasteiger partial charge is 0.496 e. The number of esters is 1. The van der Waals surface area contributed by atoms with E-state index in [1.165, 1.54) is 35.5 Å². The first-order chi connectivity index (χ1) is 15.8. The standard InChI is InChI=1S/C24H30N2O6S/c1-18(23(27)25-17-20-10-5-6-13-22(20)31-2)32-24(28)19-11-9-12-21(16-19)33(29,30)26-14-7-3-4-8-15-26/h5-6,9-13,16,18H,3-4,7-8,14-15,17H2,1-2H3,(H,25,27). The van der Waals surface area contributed by atoms with Gasteiger partial charge in [0.1, 0.15) is 5.75 Å². The third-order valence-corrected chi connectivity index (χ3v) is 7.47. The average molecular weight is 475 g/mol. The van der Waals surface area contributed by atoms with Crippen LogP contribution in [-0.2, 0) is 26.1 Å². The summed E-state index contributed by atoms with van der Waals surface area (Å²) in [5.41, 5.74) is 0.869. The molecule has 1 aliphatic heterocycles. The molecule has 1 atom stereocenters. The maximum absolute atomic E-state index is 13.0. The van der Waals surface area contributed by atoms with Crippen LogP contribution >= 0.6 is 0 Å². The second-order valence-corrected chi connectivity index (χ2v) is 9.86. The summed E-state index contributed by atoms with van der Waals surface area (Å²) in [4.78, 5) is 25.1. The molecule has 0 radical (unpaired) electrons. The fourth-order valence-corrected chi connectivity index (χ4v) is 5.24. The Morgan fingerprint density at radius 1 is 1.03 bits per heavy atom. The third kappa shape index (κ3) is 6.33. The Bertz CT molecular complexity index is 1080. The molecule has 1 aliphatic rings. The molecule has 0 spiro atoms. The van der Waals surface area contributed by atoms with Gasteiger partial charge in [-0.15, -0.1) is 0 Å². The van der Waals surface area contributed by atoms with E-state index in [-0.39, 0.29) is 17.0 Å². The van der Waals surface area contributed by atoms with Crippen LogP contribution in [0.25, 0.3) is 0 Å². The summed E-state index contributed by atoms with van der Waals surface area (Å²) in [5.74, 6) is -0.588. The average Bonchev–Trinajstić information content (AvgIpc) is 3.13. The fraction of sp³-hybridized carbons (Fsp3) is 0.417. The molecule has 9 heteroatoms. The zero-order valence-electron chi connectivity index (χ0n) is 19.0. The van der Waals surface area contributed by atoms with Gasteiger partial charge < -0.3 is 14.8 Å². The number of benzene rings is 2. The molecule has 0 aliphatic carbocycles. The van der Waals surface area contributed by atoms with Crippen molar-refractivity contribution in [1.29, 1.82) is 0 Å². The number of methoxy groups -OCH3 is 1. The normalized spacial score (nSPS) is 15.8. The summed E-state index contributed by atoms with van der Waals surface area (Å²) in [5, 5.41) is 2.72. The van der Waals surface area contributed by atoms with Crippen LogP contribution in [-0.4, -0.2) is 50.9 Å². The molecule has 0 saturated carbocycles. The van der Waals surface area contributed by atoms with Gasteiger partial charge in [0.15, 0.2) is 6.10 Å². The van der Waals surface area contributed by atoms with E-state index in [1.807, 2.05) is 18.2 Å². The molecular formula is C24H30N2O6S. The van der Waals surface area contributed by atoms with Crippen molar-refractivity contribution in [3.63, 3.8) is 0 Å². The number of hydrogen-bond acceptors (Lipinski definition) is 6. The minimum Gasteiger partial charge on any atom is -0.496 e. The highest BCUT2D eigenvalue weighted by molar-refractivity contribution is 7.89. The van der Waals surface area contributed by atoms with Crippen molar-refractivity contribution in [1.82, 2.24) is 9.62 Å². The maximum atomic E-state index is 13.0. The lowest BCUT2D eigenvalue weighted by Gasteiger charge is -2.20. The smallest absolute Gasteiger partial charge is 0.338 e. The van der Waals surface area contributed by atoms with Crippen LogP contribution in [0, 0.1) is 0 Å². The van der Waals surface area contributed by atoms with Crippen molar-refractivity contribution in [3.8, 4) is 5.75 Å². The Kier molecular flexibility index (Phi) is 8.46. The molecule has 8 nitrogen and oxygen atoms in total. The van der Waals surface area contributed by atoms with Crippen LogP contribution < -0.4 is 10.1 Å². The highest BCUT2D eigenvalue weighted by atomic mass is 32.2. The molecule has 3 rings (SSSR count). The zero-order valence-corrected chi connectivity index (χ0v) is 19.8. The monoisotopic (exact) mass is 474 g/mol. The quantitative estimate of drug-likeness (QED) is 0.590. The summed E-state index contributed by atoms with van der Waals surface area (Å²) in [6, 6.07) is 13.0. The lowest BCUT2D eigenvalue weighted by atomic mass is 10.2. The summed E-state index contributed by atoms with van der Waals surface area (Å²) in [6.07, 6.45) is 2.61. The number of hydrogen-bond donors (Lipinski definition) is 1. The summed E-state index contributed by atoms with van der Waals surface area (Å²) < 4.78 is 38.1. The second-order valence-electron chi connectivity index (χ2n) is 7.92. The molecule has 1 saturated heterocycles. The molecular weight excluding hydrogens is 444 g/mol. The summed E-state index contributed by atoms with van der Waals surface area (Å²) in [7, 11) is -2.15. The van der Waals surface area contributed by atoms with Crippen molar-refractivity contribution < 1.29 is 27.5 Å². The number of amides is 1. The number of carbonyl (C=O) groups excluding carboxylic acids is 2. The molecule has 1 fully saturated rings. The Morgan fingerprint density at radius 2 is 1.73 bits per heavy atom. The number of rotatable bonds is 8. The number of para-hydroxylation sites is 1. The van der Waals surface area contributed by atoms with Gasteiger partial charge in [0.05, 0.1) is 17.6 Å². The van der Waals surface area contributed by atoms with E-state index in [0.29, 0.717) is 18.8 Å². The molecule has 2 aromatic rings. The predicted molar refractivity (Wildman–Crippen MR) is 123 cm³/mol. The SMILES string of the molecule is COc1ccccc1CNC(=O)C(C)OC(=O)c1cccc(S(=O)(=O)N2CCCCCC2)c1. The van der Waals surface area contributed by atoms with Crippen LogP contribution in [0.5, 0.6) is 5.75 Å². The maximum Gasteiger partial charge on any atom is 0.338 e. The first kappa shape index (κ1) is 24.7. The number of nitrogens with one attached hydrogen (secondary N) is 1. The van der Waals surface area contributed by atoms with Crippen LogP contribution in [0.15, 0.2) is 53.4 Å². The van der Waals surface area contributed by atoms with E-state index < -0.39 is 28.0 Å². The van der Waals surface area contributed by atoms with Gasteiger partial charge in [0.2, 0.25) is 10.0 Å². The molecule has 178 valence electrons. The van der Waals surface area contributed by atoms with E-state index >= 15 is 0 Å². The Morgan fingerprint density at radius 3 is 2.42 bits per heavy atom. The van der Waals surface area contributed by atoms with E-state index in [1.54, 1.807) is 13.2 Å². The molecule has 1 unspecified atom stereocenters. The predicted octanol–water partition coefficient (Wildman–Crippen LogP) is 3.12. The topological polar surface area (TPSA) is 102 Å². The Labute approximate surface area is 194 Å². The van der Waals surface area contributed by atoms with Gasteiger partial charge >= 0.3 is 5.97 Å². The number of carbonyl (C=O) groups is 2. The highest BCUT2D eigenvalue weighted by Crippen LogP contribution is 2.22. The molecule has 33 heavy (non-hydrogen) atoms. The van der Waals surface area contributed by atoms with Gasteiger partial charge in [0.25, 0.3) is 5.91 Å². The lowest BCUT2D eigenvalue weighted by Crippen LogP contribution is -2.35.